The molecular weight excluding hydrogens is 280 g/mol. The average molecular weight is 300 g/mol. The predicted molar refractivity (Wildman–Crippen MR) is 83.9 cm³/mol. The summed E-state index contributed by atoms with van der Waals surface area (Å²) in [5, 5.41) is 10.4. The number of carboxylic acids is 1. The number of likely N-dealkylation sites (tertiary alicyclic amines) is 1. The van der Waals surface area contributed by atoms with Crippen molar-refractivity contribution in [3.05, 3.63) is 36.0 Å². The molecule has 0 spiro atoms. The molecule has 0 bridgehead atoms. The van der Waals surface area contributed by atoms with Crippen LogP contribution in [0.5, 0.6) is 0 Å². The number of aromatic nitrogens is 1. The SMILES string of the molecule is CCn1cc(C(=O)N2CCC[C@@]2(C)C(=O)O)c2ccccc21. The van der Waals surface area contributed by atoms with E-state index in [2.05, 4.69) is 0 Å². The third-order valence-electron chi connectivity index (χ3n) is 4.71. The van der Waals surface area contributed by atoms with E-state index in [0.717, 1.165) is 23.9 Å². The van der Waals surface area contributed by atoms with Crippen LogP contribution >= 0.6 is 0 Å². The first-order valence-electron chi connectivity index (χ1n) is 7.62. The molecule has 0 saturated carbocycles. The van der Waals surface area contributed by atoms with Gasteiger partial charge in [-0.05, 0) is 32.8 Å². The fourth-order valence-corrected chi connectivity index (χ4v) is 3.34. The lowest BCUT2D eigenvalue weighted by Crippen LogP contribution is -2.50. The van der Waals surface area contributed by atoms with Crippen LogP contribution in [0.2, 0.25) is 0 Å². The molecule has 1 amide bonds. The molecule has 1 atom stereocenters. The van der Waals surface area contributed by atoms with Crippen molar-refractivity contribution in [1.29, 1.82) is 0 Å². The highest BCUT2D eigenvalue weighted by molar-refractivity contribution is 6.08. The number of para-hydroxylation sites is 1. The molecule has 0 aliphatic carbocycles. The Morgan fingerprint density at radius 1 is 1.32 bits per heavy atom. The lowest BCUT2D eigenvalue weighted by atomic mass is 9.98. The second kappa shape index (κ2) is 5.16. The number of nitrogens with zero attached hydrogens (tertiary/aromatic N) is 2. The van der Waals surface area contributed by atoms with Crippen molar-refractivity contribution >= 4 is 22.8 Å². The van der Waals surface area contributed by atoms with Gasteiger partial charge in [-0.1, -0.05) is 18.2 Å². The van der Waals surface area contributed by atoms with Crippen LogP contribution in [-0.2, 0) is 11.3 Å². The van der Waals surface area contributed by atoms with Crippen LogP contribution in [0.4, 0.5) is 0 Å². The minimum Gasteiger partial charge on any atom is -0.480 e. The summed E-state index contributed by atoms with van der Waals surface area (Å²) in [6, 6.07) is 7.75. The number of carbonyl (C=O) groups excluding carboxylic acids is 1. The molecule has 116 valence electrons. The van der Waals surface area contributed by atoms with E-state index in [-0.39, 0.29) is 5.91 Å². The van der Waals surface area contributed by atoms with Crippen molar-refractivity contribution in [2.75, 3.05) is 6.54 Å². The highest BCUT2D eigenvalue weighted by atomic mass is 16.4. The molecule has 1 aromatic heterocycles. The van der Waals surface area contributed by atoms with Crippen LogP contribution in [0.3, 0.4) is 0 Å². The van der Waals surface area contributed by atoms with Crippen LogP contribution in [0, 0.1) is 0 Å². The molecule has 5 heteroatoms. The summed E-state index contributed by atoms with van der Waals surface area (Å²) in [5.74, 6) is -1.12. The number of rotatable bonds is 3. The Morgan fingerprint density at radius 2 is 2.05 bits per heavy atom. The first-order valence-corrected chi connectivity index (χ1v) is 7.62. The van der Waals surface area contributed by atoms with Gasteiger partial charge in [-0.3, -0.25) is 4.79 Å². The molecule has 22 heavy (non-hydrogen) atoms. The Hall–Kier alpha value is -2.30. The van der Waals surface area contributed by atoms with Crippen molar-refractivity contribution in [2.24, 2.45) is 0 Å². The normalized spacial score (nSPS) is 21.5. The number of aryl methyl sites for hydroxylation is 1. The van der Waals surface area contributed by atoms with Crippen LogP contribution < -0.4 is 0 Å². The molecule has 1 aliphatic rings. The Morgan fingerprint density at radius 3 is 2.73 bits per heavy atom. The number of carbonyl (C=O) groups is 2. The zero-order valence-electron chi connectivity index (χ0n) is 12.9. The number of hydrogen-bond donors (Lipinski definition) is 1. The number of carboxylic acid groups (broad SMARTS) is 1. The predicted octanol–water partition coefficient (Wildman–Crippen LogP) is 2.74. The molecular formula is C17H20N2O3. The second-order valence-corrected chi connectivity index (χ2v) is 5.99. The first-order chi connectivity index (χ1) is 10.5. The summed E-state index contributed by atoms with van der Waals surface area (Å²) in [4.78, 5) is 26.1. The van der Waals surface area contributed by atoms with Gasteiger partial charge in [0.05, 0.1) is 5.56 Å². The van der Waals surface area contributed by atoms with Crippen molar-refractivity contribution in [2.45, 2.75) is 38.8 Å². The van der Waals surface area contributed by atoms with E-state index in [9.17, 15) is 14.7 Å². The van der Waals surface area contributed by atoms with E-state index in [1.54, 1.807) is 6.92 Å². The zero-order valence-corrected chi connectivity index (χ0v) is 12.9. The molecule has 1 fully saturated rings. The number of hydrogen-bond acceptors (Lipinski definition) is 2. The van der Waals surface area contributed by atoms with Gasteiger partial charge in [-0.15, -0.1) is 0 Å². The van der Waals surface area contributed by atoms with Gasteiger partial charge in [-0.25, -0.2) is 4.79 Å². The fourth-order valence-electron chi connectivity index (χ4n) is 3.34. The molecule has 1 aliphatic heterocycles. The second-order valence-electron chi connectivity index (χ2n) is 5.99. The van der Waals surface area contributed by atoms with E-state index >= 15 is 0 Å². The van der Waals surface area contributed by atoms with Crippen LogP contribution in [-0.4, -0.2) is 38.5 Å². The molecule has 2 heterocycles. The van der Waals surface area contributed by atoms with Gasteiger partial charge < -0.3 is 14.6 Å². The van der Waals surface area contributed by atoms with E-state index in [0.29, 0.717) is 18.5 Å². The summed E-state index contributed by atoms with van der Waals surface area (Å²) < 4.78 is 2.02. The minimum absolute atomic E-state index is 0.189. The molecule has 5 nitrogen and oxygen atoms in total. The molecule has 3 rings (SSSR count). The Bertz CT molecular complexity index is 749. The third-order valence-corrected chi connectivity index (χ3v) is 4.71. The van der Waals surface area contributed by atoms with Gasteiger partial charge in [-0.2, -0.15) is 0 Å². The van der Waals surface area contributed by atoms with E-state index in [4.69, 9.17) is 0 Å². The summed E-state index contributed by atoms with van der Waals surface area (Å²) in [5.41, 5.74) is 0.489. The Balaban J connectivity index is 2.08. The first kappa shape index (κ1) is 14.6. The lowest BCUT2D eigenvalue weighted by Gasteiger charge is -2.31. The van der Waals surface area contributed by atoms with Crippen LogP contribution in [0.25, 0.3) is 10.9 Å². The summed E-state index contributed by atoms with van der Waals surface area (Å²) in [6.45, 7) is 4.93. The maximum atomic E-state index is 13.0. The molecule has 1 saturated heterocycles. The van der Waals surface area contributed by atoms with E-state index in [1.165, 1.54) is 4.90 Å². The van der Waals surface area contributed by atoms with Crippen molar-refractivity contribution in [3.8, 4) is 0 Å². The average Bonchev–Trinajstić information content (AvgIpc) is 3.08. The molecule has 0 unspecified atom stereocenters. The molecule has 1 aromatic carbocycles. The maximum absolute atomic E-state index is 13.0. The van der Waals surface area contributed by atoms with Crippen molar-refractivity contribution < 1.29 is 14.7 Å². The number of aliphatic carboxylic acids is 1. The number of amides is 1. The largest absolute Gasteiger partial charge is 0.480 e. The third kappa shape index (κ3) is 2.00. The van der Waals surface area contributed by atoms with E-state index < -0.39 is 11.5 Å². The molecule has 0 radical (unpaired) electrons. The quantitative estimate of drug-likeness (QED) is 0.948. The standard InChI is InChI=1S/C17H20N2O3/c1-3-18-11-13(12-7-4-5-8-14(12)18)15(20)19-10-6-9-17(19,2)16(21)22/h4-5,7-8,11H,3,6,9-10H2,1-2H3,(H,21,22)/t17-/m0/s1. The highest BCUT2D eigenvalue weighted by Gasteiger charge is 2.46. The summed E-state index contributed by atoms with van der Waals surface area (Å²) >= 11 is 0. The van der Waals surface area contributed by atoms with Crippen molar-refractivity contribution in [3.63, 3.8) is 0 Å². The molecule has 2 aromatic rings. The lowest BCUT2D eigenvalue weighted by molar-refractivity contribution is -0.147. The fraction of sp³-hybridized carbons (Fsp3) is 0.412. The van der Waals surface area contributed by atoms with Crippen LogP contribution in [0.15, 0.2) is 30.5 Å². The monoisotopic (exact) mass is 300 g/mol. The molecule has 1 N–H and O–H groups in total. The summed E-state index contributed by atoms with van der Waals surface area (Å²) in [7, 11) is 0. The Kier molecular flexibility index (Phi) is 3.43. The zero-order chi connectivity index (χ0) is 15.9. The van der Waals surface area contributed by atoms with Gasteiger partial charge >= 0.3 is 5.97 Å². The minimum atomic E-state index is -1.10. The Labute approximate surface area is 129 Å². The van der Waals surface area contributed by atoms with Crippen molar-refractivity contribution in [1.82, 2.24) is 9.47 Å². The topological polar surface area (TPSA) is 62.5 Å². The van der Waals surface area contributed by atoms with Gasteiger partial charge in [0.1, 0.15) is 5.54 Å². The number of benzene rings is 1. The maximum Gasteiger partial charge on any atom is 0.329 e. The van der Waals surface area contributed by atoms with E-state index in [1.807, 2.05) is 42.0 Å². The smallest absolute Gasteiger partial charge is 0.329 e. The van der Waals surface area contributed by atoms with Gasteiger partial charge in [0.25, 0.3) is 5.91 Å². The number of fused-ring (bicyclic) bond motifs is 1. The van der Waals surface area contributed by atoms with Crippen LogP contribution in [0.1, 0.15) is 37.0 Å². The highest BCUT2D eigenvalue weighted by Crippen LogP contribution is 2.32. The van der Waals surface area contributed by atoms with Gasteiger partial charge in [0.2, 0.25) is 0 Å². The summed E-state index contributed by atoms with van der Waals surface area (Å²) in [6.07, 6.45) is 3.06. The van der Waals surface area contributed by atoms with Gasteiger partial charge in [0.15, 0.2) is 0 Å². The van der Waals surface area contributed by atoms with Gasteiger partial charge in [0, 0.05) is 30.2 Å².